The van der Waals surface area contributed by atoms with E-state index in [2.05, 4.69) is 4.98 Å². The molecule has 0 bridgehead atoms. The SMILES string of the molecule is COc1cccc2sc(N(Cc3ccccn3)C(=O)Cc3cccc(C)c3)nc12. The normalized spacial score (nSPS) is 10.8. The lowest BCUT2D eigenvalue weighted by Crippen LogP contribution is -2.32. The van der Waals surface area contributed by atoms with Crippen molar-refractivity contribution in [3.63, 3.8) is 0 Å². The second kappa shape index (κ2) is 8.41. The van der Waals surface area contributed by atoms with Crippen molar-refractivity contribution < 1.29 is 9.53 Å². The van der Waals surface area contributed by atoms with Crippen LogP contribution in [0, 0.1) is 6.92 Å². The van der Waals surface area contributed by atoms with Gasteiger partial charge in [0.05, 0.1) is 30.5 Å². The lowest BCUT2D eigenvalue weighted by molar-refractivity contribution is -0.118. The number of fused-ring (bicyclic) bond motifs is 1. The summed E-state index contributed by atoms with van der Waals surface area (Å²) >= 11 is 1.48. The Hall–Kier alpha value is -3.25. The molecule has 5 nitrogen and oxygen atoms in total. The molecule has 4 aromatic rings. The lowest BCUT2D eigenvalue weighted by atomic mass is 10.1. The summed E-state index contributed by atoms with van der Waals surface area (Å²) < 4.78 is 6.42. The number of aromatic nitrogens is 2. The zero-order valence-corrected chi connectivity index (χ0v) is 17.1. The van der Waals surface area contributed by atoms with Crippen LogP contribution in [0.1, 0.15) is 16.8 Å². The zero-order valence-electron chi connectivity index (χ0n) is 16.3. The van der Waals surface area contributed by atoms with E-state index in [4.69, 9.17) is 9.72 Å². The maximum Gasteiger partial charge on any atom is 0.233 e. The van der Waals surface area contributed by atoms with Crippen LogP contribution in [0.5, 0.6) is 5.75 Å². The summed E-state index contributed by atoms with van der Waals surface area (Å²) in [5.41, 5.74) is 3.71. The van der Waals surface area contributed by atoms with Gasteiger partial charge in [-0.25, -0.2) is 4.98 Å². The fraction of sp³-hybridized carbons (Fsp3) is 0.174. The molecule has 0 radical (unpaired) electrons. The average molecular weight is 404 g/mol. The molecule has 0 fully saturated rings. The average Bonchev–Trinajstić information content (AvgIpc) is 3.16. The highest BCUT2D eigenvalue weighted by Crippen LogP contribution is 2.34. The molecule has 0 spiro atoms. The van der Waals surface area contributed by atoms with Gasteiger partial charge in [-0.1, -0.05) is 53.3 Å². The third-order valence-corrected chi connectivity index (χ3v) is 5.65. The smallest absolute Gasteiger partial charge is 0.233 e. The molecule has 0 aliphatic rings. The predicted octanol–water partition coefficient (Wildman–Crippen LogP) is 4.78. The minimum Gasteiger partial charge on any atom is -0.494 e. The first kappa shape index (κ1) is 19.1. The Bertz CT molecular complexity index is 1140. The Morgan fingerprint density at radius 3 is 2.72 bits per heavy atom. The monoisotopic (exact) mass is 403 g/mol. The summed E-state index contributed by atoms with van der Waals surface area (Å²) in [5.74, 6) is 0.688. The molecule has 2 aromatic heterocycles. The van der Waals surface area contributed by atoms with Crippen LogP contribution in [-0.4, -0.2) is 23.0 Å². The quantitative estimate of drug-likeness (QED) is 0.465. The minimum atomic E-state index is -0.0146. The summed E-state index contributed by atoms with van der Waals surface area (Å²) in [5, 5.41) is 0.646. The zero-order chi connectivity index (χ0) is 20.2. The van der Waals surface area contributed by atoms with Crippen molar-refractivity contribution in [3.05, 3.63) is 83.7 Å². The maximum atomic E-state index is 13.3. The number of nitrogens with zero attached hydrogens (tertiary/aromatic N) is 3. The molecule has 29 heavy (non-hydrogen) atoms. The topological polar surface area (TPSA) is 55.3 Å². The molecule has 146 valence electrons. The fourth-order valence-electron chi connectivity index (χ4n) is 3.20. The molecule has 6 heteroatoms. The number of thiazole rings is 1. The largest absolute Gasteiger partial charge is 0.494 e. The van der Waals surface area contributed by atoms with Gasteiger partial charge in [0, 0.05) is 6.20 Å². The molecule has 2 aromatic carbocycles. The molecule has 2 heterocycles. The van der Waals surface area contributed by atoms with Crippen molar-refractivity contribution in [3.8, 4) is 5.75 Å². The first-order valence-corrected chi connectivity index (χ1v) is 10.1. The predicted molar refractivity (Wildman–Crippen MR) is 116 cm³/mol. The molecule has 4 rings (SSSR count). The Kier molecular flexibility index (Phi) is 5.53. The van der Waals surface area contributed by atoms with Crippen molar-refractivity contribution >= 4 is 32.6 Å². The van der Waals surface area contributed by atoms with Gasteiger partial charge in [-0.2, -0.15) is 0 Å². The van der Waals surface area contributed by atoms with Gasteiger partial charge in [0.2, 0.25) is 5.91 Å². The molecule has 0 atom stereocenters. The summed E-state index contributed by atoms with van der Waals surface area (Å²) in [4.78, 5) is 24.1. The molecule has 0 unspecified atom stereocenters. The van der Waals surface area contributed by atoms with E-state index in [9.17, 15) is 4.79 Å². The summed E-state index contributed by atoms with van der Waals surface area (Å²) in [6.45, 7) is 2.40. The van der Waals surface area contributed by atoms with Gasteiger partial charge in [-0.05, 0) is 36.8 Å². The van der Waals surface area contributed by atoms with Crippen LogP contribution in [0.15, 0.2) is 66.9 Å². The van der Waals surface area contributed by atoms with E-state index in [0.717, 1.165) is 27.0 Å². The minimum absolute atomic E-state index is 0.0146. The van der Waals surface area contributed by atoms with E-state index >= 15 is 0 Å². The number of benzene rings is 2. The number of rotatable bonds is 6. The fourth-order valence-corrected chi connectivity index (χ4v) is 4.20. The number of ether oxygens (including phenoxy) is 1. The highest BCUT2D eigenvalue weighted by Gasteiger charge is 2.22. The van der Waals surface area contributed by atoms with Gasteiger partial charge < -0.3 is 4.74 Å². The van der Waals surface area contributed by atoms with Gasteiger partial charge in [0.15, 0.2) is 5.13 Å². The molecule has 0 N–H and O–H groups in total. The van der Waals surface area contributed by atoms with Crippen LogP contribution in [-0.2, 0) is 17.8 Å². The van der Waals surface area contributed by atoms with E-state index in [0.29, 0.717) is 23.8 Å². The Morgan fingerprint density at radius 1 is 1.10 bits per heavy atom. The van der Waals surface area contributed by atoms with Crippen LogP contribution >= 0.6 is 11.3 Å². The highest BCUT2D eigenvalue weighted by atomic mass is 32.1. The number of para-hydroxylation sites is 1. The van der Waals surface area contributed by atoms with Crippen molar-refractivity contribution in [2.24, 2.45) is 0 Å². The van der Waals surface area contributed by atoms with E-state index in [-0.39, 0.29) is 5.91 Å². The van der Waals surface area contributed by atoms with Crippen molar-refractivity contribution in [1.29, 1.82) is 0 Å². The molecule has 1 amide bonds. The van der Waals surface area contributed by atoms with E-state index < -0.39 is 0 Å². The Morgan fingerprint density at radius 2 is 1.97 bits per heavy atom. The van der Waals surface area contributed by atoms with Crippen molar-refractivity contribution in [2.75, 3.05) is 12.0 Å². The number of amides is 1. The third kappa shape index (κ3) is 4.27. The van der Waals surface area contributed by atoms with Gasteiger partial charge >= 0.3 is 0 Å². The van der Waals surface area contributed by atoms with Gasteiger partial charge in [-0.3, -0.25) is 14.7 Å². The molecular formula is C23H21N3O2S. The molecule has 0 aliphatic carbocycles. The Labute approximate surface area is 173 Å². The van der Waals surface area contributed by atoms with Crippen molar-refractivity contribution in [2.45, 2.75) is 19.9 Å². The molecule has 0 aliphatic heterocycles. The number of anilines is 1. The van der Waals surface area contributed by atoms with E-state index in [1.54, 1.807) is 18.2 Å². The van der Waals surface area contributed by atoms with Crippen LogP contribution in [0.2, 0.25) is 0 Å². The van der Waals surface area contributed by atoms with Crippen LogP contribution in [0.25, 0.3) is 10.2 Å². The second-order valence-corrected chi connectivity index (χ2v) is 7.78. The third-order valence-electron chi connectivity index (χ3n) is 4.61. The lowest BCUT2D eigenvalue weighted by Gasteiger charge is -2.19. The molecule has 0 saturated carbocycles. The van der Waals surface area contributed by atoms with Crippen LogP contribution in [0.4, 0.5) is 5.13 Å². The number of hydrogen-bond acceptors (Lipinski definition) is 5. The summed E-state index contributed by atoms with van der Waals surface area (Å²) in [6.07, 6.45) is 2.04. The molecule has 0 saturated heterocycles. The number of carbonyl (C=O) groups excluding carboxylic acids is 1. The number of pyridine rings is 1. The maximum absolute atomic E-state index is 13.3. The summed E-state index contributed by atoms with van der Waals surface area (Å²) in [7, 11) is 1.63. The Balaban J connectivity index is 1.71. The number of carbonyl (C=O) groups is 1. The van der Waals surface area contributed by atoms with Crippen molar-refractivity contribution in [1.82, 2.24) is 9.97 Å². The van der Waals surface area contributed by atoms with Gasteiger partial charge in [-0.15, -0.1) is 0 Å². The van der Waals surface area contributed by atoms with Gasteiger partial charge in [0.1, 0.15) is 11.3 Å². The first-order chi connectivity index (χ1) is 14.1. The highest BCUT2D eigenvalue weighted by molar-refractivity contribution is 7.22. The molecular weight excluding hydrogens is 382 g/mol. The second-order valence-electron chi connectivity index (χ2n) is 6.77. The summed E-state index contributed by atoms with van der Waals surface area (Å²) in [6, 6.07) is 19.5. The number of aryl methyl sites for hydroxylation is 1. The van der Waals surface area contributed by atoms with Crippen LogP contribution < -0.4 is 9.64 Å². The first-order valence-electron chi connectivity index (χ1n) is 9.33. The number of methoxy groups -OCH3 is 1. The standard InChI is InChI=1S/C23H21N3O2S/c1-16-7-5-8-17(13-16)14-21(27)26(15-18-9-3-4-12-24-18)23-25-22-19(28-2)10-6-11-20(22)29-23/h3-13H,14-15H2,1-2H3. The van der Waals surface area contributed by atoms with E-state index in [1.165, 1.54) is 11.3 Å². The van der Waals surface area contributed by atoms with E-state index in [1.807, 2.05) is 67.6 Å². The van der Waals surface area contributed by atoms with Crippen LogP contribution in [0.3, 0.4) is 0 Å². The number of hydrogen-bond donors (Lipinski definition) is 0. The van der Waals surface area contributed by atoms with Gasteiger partial charge in [0.25, 0.3) is 0 Å².